The second-order valence-electron chi connectivity index (χ2n) is 8.00. The first-order valence-corrected chi connectivity index (χ1v) is 10.7. The molecule has 2 N–H and O–H groups in total. The fourth-order valence-electron chi connectivity index (χ4n) is 3.19. The van der Waals surface area contributed by atoms with Gasteiger partial charge < -0.3 is 15.4 Å². The molecule has 2 aromatic heterocycles. The van der Waals surface area contributed by atoms with Crippen LogP contribution in [0.5, 0.6) is 0 Å². The summed E-state index contributed by atoms with van der Waals surface area (Å²) in [5.41, 5.74) is -0.0505. The molecule has 1 aliphatic rings. The minimum absolute atomic E-state index is 0.0326. The van der Waals surface area contributed by atoms with Crippen LogP contribution in [0.3, 0.4) is 0 Å². The second-order valence-corrected chi connectivity index (χ2v) is 8.86. The van der Waals surface area contributed by atoms with Gasteiger partial charge in [0, 0.05) is 23.3 Å². The number of pyridine rings is 1. The fraction of sp³-hybridized carbons (Fsp3) is 0.476. The maximum Gasteiger partial charge on any atom is 0.271 e. The van der Waals surface area contributed by atoms with Crippen LogP contribution in [0.1, 0.15) is 44.6 Å². The molecule has 0 aromatic carbocycles. The van der Waals surface area contributed by atoms with E-state index in [2.05, 4.69) is 20.6 Å². The summed E-state index contributed by atoms with van der Waals surface area (Å²) in [6.45, 7) is 7.29. The Labute approximate surface area is 179 Å². The number of ether oxygens (including phenoxy) is 1. The molecule has 3 heterocycles. The van der Waals surface area contributed by atoms with E-state index in [4.69, 9.17) is 4.74 Å². The minimum atomic E-state index is -1.11. The van der Waals surface area contributed by atoms with E-state index in [1.54, 1.807) is 37.7 Å². The Morgan fingerprint density at radius 1 is 1.40 bits per heavy atom. The summed E-state index contributed by atoms with van der Waals surface area (Å²) in [7, 11) is 0. The Hall–Kier alpha value is -2.65. The first-order chi connectivity index (χ1) is 14.2. The van der Waals surface area contributed by atoms with Crippen molar-refractivity contribution in [2.24, 2.45) is 5.92 Å². The van der Waals surface area contributed by atoms with Crippen LogP contribution in [-0.4, -0.2) is 51.9 Å². The molecular weight excluding hydrogens is 404 g/mol. The molecular formula is C21H26N4O4S. The van der Waals surface area contributed by atoms with Crippen LogP contribution in [0.25, 0.3) is 10.6 Å². The molecule has 8 nitrogen and oxygen atoms in total. The third kappa shape index (κ3) is 4.73. The van der Waals surface area contributed by atoms with Crippen LogP contribution in [0.2, 0.25) is 0 Å². The van der Waals surface area contributed by atoms with Gasteiger partial charge in [0.05, 0.1) is 6.10 Å². The van der Waals surface area contributed by atoms with Gasteiger partial charge in [-0.05, 0) is 38.3 Å². The molecule has 1 saturated heterocycles. The molecule has 0 aliphatic carbocycles. The van der Waals surface area contributed by atoms with Gasteiger partial charge in [0.1, 0.15) is 28.9 Å². The van der Waals surface area contributed by atoms with Crippen molar-refractivity contribution in [1.29, 1.82) is 0 Å². The maximum absolute atomic E-state index is 13.0. The number of hydrogen-bond acceptors (Lipinski definition) is 7. The molecule has 0 spiro atoms. The van der Waals surface area contributed by atoms with Gasteiger partial charge in [0.25, 0.3) is 5.91 Å². The Bertz CT molecular complexity index is 930. The molecule has 3 atom stereocenters. The third-order valence-corrected chi connectivity index (χ3v) is 6.11. The van der Waals surface area contributed by atoms with Crippen molar-refractivity contribution in [2.45, 2.75) is 51.8 Å². The topological polar surface area (TPSA) is 110 Å². The van der Waals surface area contributed by atoms with E-state index in [1.165, 1.54) is 11.3 Å². The van der Waals surface area contributed by atoms with Gasteiger partial charge in [-0.15, -0.1) is 11.3 Å². The zero-order valence-electron chi connectivity index (χ0n) is 17.5. The Morgan fingerprint density at radius 2 is 2.17 bits per heavy atom. The van der Waals surface area contributed by atoms with Crippen LogP contribution in [0, 0.1) is 5.92 Å². The molecule has 9 heteroatoms. The number of aromatic nitrogens is 2. The average molecular weight is 431 g/mol. The van der Waals surface area contributed by atoms with E-state index in [0.29, 0.717) is 11.4 Å². The largest absolute Gasteiger partial charge is 0.368 e. The molecule has 3 rings (SSSR count). The van der Waals surface area contributed by atoms with E-state index >= 15 is 0 Å². The lowest BCUT2D eigenvalue weighted by molar-refractivity contribution is -0.130. The number of nitrogens with zero attached hydrogens (tertiary/aromatic N) is 2. The van der Waals surface area contributed by atoms with Crippen LogP contribution in [0.15, 0.2) is 29.9 Å². The van der Waals surface area contributed by atoms with Gasteiger partial charge in [-0.1, -0.05) is 13.8 Å². The summed E-state index contributed by atoms with van der Waals surface area (Å²) in [5, 5.41) is 7.90. The summed E-state index contributed by atoms with van der Waals surface area (Å²) < 4.78 is 5.37. The van der Waals surface area contributed by atoms with Gasteiger partial charge in [-0.25, -0.2) is 4.98 Å². The predicted octanol–water partition coefficient (Wildman–Crippen LogP) is 2.21. The molecule has 1 fully saturated rings. The molecule has 0 radical (unpaired) electrons. The van der Waals surface area contributed by atoms with Gasteiger partial charge in [0.15, 0.2) is 5.78 Å². The Kier molecular flexibility index (Phi) is 6.62. The number of carbonyl (C=O) groups excluding carboxylic acids is 3. The molecule has 160 valence electrons. The van der Waals surface area contributed by atoms with Crippen molar-refractivity contribution < 1.29 is 19.1 Å². The molecule has 0 saturated carbocycles. The first-order valence-electron chi connectivity index (χ1n) is 9.84. The van der Waals surface area contributed by atoms with E-state index in [-0.39, 0.29) is 24.0 Å². The van der Waals surface area contributed by atoms with Gasteiger partial charge >= 0.3 is 0 Å². The van der Waals surface area contributed by atoms with E-state index in [0.717, 1.165) is 5.56 Å². The quantitative estimate of drug-likeness (QED) is 0.697. The van der Waals surface area contributed by atoms with Crippen molar-refractivity contribution >= 4 is 28.9 Å². The number of carbonyl (C=O) groups is 3. The second kappa shape index (κ2) is 9.01. The molecule has 0 bridgehead atoms. The summed E-state index contributed by atoms with van der Waals surface area (Å²) >= 11 is 1.33. The summed E-state index contributed by atoms with van der Waals surface area (Å²) in [4.78, 5) is 46.4. The number of ketones is 1. The minimum Gasteiger partial charge on any atom is -0.368 e. The Balaban J connectivity index is 1.73. The zero-order valence-corrected chi connectivity index (χ0v) is 18.3. The summed E-state index contributed by atoms with van der Waals surface area (Å²) in [6.07, 6.45) is 3.33. The Morgan fingerprint density at radius 3 is 2.77 bits per heavy atom. The van der Waals surface area contributed by atoms with Gasteiger partial charge in [-0.3, -0.25) is 19.4 Å². The molecule has 2 aromatic rings. The van der Waals surface area contributed by atoms with E-state index in [9.17, 15) is 14.4 Å². The van der Waals surface area contributed by atoms with Crippen molar-refractivity contribution in [2.75, 3.05) is 6.61 Å². The molecule has 0 unspecified atom stereocenters. The van der Waals surface area contributed by atoms with Crippen molar-refractivity contribution in [3.05, 3.63) is 35.6 Å². The van der Waals surface area contributed by atoms with E-state index < -0.39 is 29.5 Å². The number of rotatable bonds is 7. The SMILES string of the molecule is CC(C)C[C@H](NC(=O)c1csc(-c2cccnc2)n1)C(=O)N[C@@]1(C)C(=O)CO[C@@H]1C. The fourth-order valence-corrected chi connectivity index (χ4v) is 3.98. The standard InChI is InChI=1S/C21H26N4O4S/c1-12(2)8-15(19(28)25-21(4)13(3)29-10-17(21)26)23-18(27)16-11-30-20(24-16)14-6-5-7-22-9-14/h5-7,9,11-13,15H,8,10H2,1-4H3,(H,23,27)(H,25,28)/t13-,15+,21-/m1/s1. The highest BCUT2D eigenvalue weighted by Crippen LogP contribution is 2.24. The molecule has 2 amide bonds. The van der Waals surface area contributed by atoms with Crippen molar-refractivity contribution in [3.8, 4) is 10.6 Å². The lowest BCUT2D eigenvalue weighted by atomic mass is 9.92. The summed E-state index contributed by atoms with van der Waals surface area (Å²) in [6, 6.07) is 2.87. The van der Waals surface area contributed by atoms with Crippen LogP contribution in [-0.2, 0) is 14.3 Å². The van der Waals surface area contributed by atoms with Crippen LogP contribution < -0.4 is 10.6 Å². The number of amides is 2. The number of nitrogens with one attached hydrogen (secondary N) is 2. The number of Topliss-reactive ketones (excluding diaryl/α,β-unsaturated/α-hetero) is 1. The van der Waals surface area contributed by atoms with Crippen LogP contribution in [0.4, 0.5) is 0 Å². The number of hydrogen-bond donors (Lipinski definition) is 2. The number of thiazole rings is 1. The average Bonchev–Trinajstić information content (AvgIpc) is 3.29. The smallest absolute Gasteiger partial charge is 0.271 e. The molecule has 30 heavy (non-hydrogen) atoms. The predicted molar refractivity (Wildman–Crippen MR) is 113 cm³/mol. The van der Waals surface area contributed by atoms with Crippen molar-refractivity contribution in [3.63, 3.8) is 0 Å². The normalized spacial score (nSPS) is 22.2. The van der Waals surface area contributed by atoms with Crippen LogP contribution >= 0.6 is 11.3 Å². The monoisotopic (exact) mass is 430 g/mol. The molecule has 1 aliphatic heterocycles. The van der Waals surface area contributed by atoms with Gasteiger partial charge in [-0.2, -0.15) is 0 Å². The first kappa shape index (κ1) is 22.0. The highest BCUT2D eigenvalue weighted by Gasteiger charge is 2.47. The summed E-state index contributed by atoms with van der Waals surface area (Å²) in [5.74, 6) is -0.871. The third-order valence-electron chi connectivity index (χ3n) is 5.21. The maximum atomic E-state index is 13.0. The van der Waals surface area contributed by atoms with E-state index in [1.807, 2.05) is 19.9 Å². The highest BCUT2D eigenvalue weighted by atomic mass is 32.1. The lowest BCUT2D eigenvalue weighted by Crippen LogP contribution is -2.60. The lowest BCUT2D eigenvalue weighted by Gasteiger charge is -2.30. The van der Waals surface area contributed by atoms with Gasteiger partial charge in [0.2, 0.25) is 5.91 Å². The highest BCUT2D eigenvalue weighted by molar-refractivity contribution is 7.13. The zero-order chi connectivity index (χ0) is 21.9. The van der Waals surface area contributed by atoms with Crippen molar-refractivity contribution in [1.82, 2.24) is 20.6 Å².